The molecule has 1 atom stereocenters. The first-order chi connectivity index (χ1) is 20.3. The molecule has 0 bridgehead atoms. The minimum absolute atomic E-state index is 0.0831. The molecular weight excluding hydrogens is 545 g/mol. The molecule has 0 spiro atoms. The summed E-state index contributed by atoms with van der Waals surface area (Å²) >= 11 is 0. The number of ether oxygens (including phenoxy) is 2. The number of rotatable bonds is 10. The van der Waals surface area contributed by atoms with E-state index in [9.17, 15) is 29.2 Å². The third kappa shape index (κ3) is 6.48. The Bertz CT molecular complexity index is 1470. The molecule has 2 aliphatic rings. The molecule has 0 radical (unpaired) electrons. The number of aliphatic hydroxyl groups excluding tert-OH is 1. The molecule has 42 heavy (non-hydrogen) atoms. The van der Waals surface area contributed by atoms with E-state index in [2.05, 4.69) is 4.90 Å². The van der Waals surface area contributed by atoms with Crippen LogP contribution in [-0.2, 0) is 20.9 Å². The van der Waals surface area contributed by atoms with Crippen molar-refractivity contribution in [1.29, 1.82) is 0 Å². The summed E-state index contributed by atoms with van der Waals surface area (Å²) in [6, 6.07) is 17.1. The van der Waals surface area contributed by atoms with Crippen LogP contribution < -0.4 is 4.74 Å². The molecule has 218 valence electrons. The first kappa shape index (κ1) is 28.9. The van der Waals surface area contributed by atoms with Gasteiger partial charge in [0, 0.05) is 43.9 Å². The highest BCUT2D eigenvalue weighted by molar-refractivity contribution is 6.46. The van der Waals surface area contributed by atoms with Gasteiger partial charge in [-0.15, -0.1) is 0 Å². The monoisotopic (exact) mass is 575 g/mol. The molecule has 2 aliphatic heterocycles. The number of likely N-dealkylation sites (tertiary alicyclic amines) is 1. The highest BCUT2D eigenvalue weighted by Crippen LogP contribution is 2.40. The topological polar surface area (TPSA) is 122 Å². The average molecular weight is 576 g/mol. The fraction of sp³-hybridized carbons (Fsp3) is 0.290. The molecule has 3 aromatic rings. The summed E-state index contributed by atoms with van der Waals surface area (Å²) in [5, 5.41) is 22.5. The van der Waals surface area contributed by atoms with Crippen molar-refractivity contribution in [2.45, 2.75) is 19.1 Å². The lowest BCUT2D eigenvalue weighted by Gasteiger charge is -2.29. The number of aliphatic hydroxyl groups is 1. The molecule has 10 nitrogen and oxygen atoms in total. The maximum absolute atomic E-state index is 13.3. The smallest absolute Gasteiger partial charge is 0.295 e. The lowest BCUT2D eigenvalue weighted by Crippen LogP contribution is -2.38. The standard InChI is InChI=1S/C31H30FN3O7/c32-24-8-2-21(3-9-24)20-42-26-12-6-23(7-13-26)29(36)27-28(22-4-10-25(11-5-22)35(39)40)34(31(38)30(27)37)15-1-14-33-16-18-41-19-17-33/h2-13,28,36H,1,14-20H2/t28-/m1/s1. The van der Waals surface area contributed by atoms with Crippen molar-refractivity contribution in [3.63, 3.8) is 0 Å². The van der Waals surface area contributed by atoms with Crippen molar-refractivity contribution in [1.82, 2.24) is 9.80 Å². The molecule has 1 amide bonds. The first-order valence-electron chi connectivity index (χ1n) is 13.6. The van der Waals surface area contributed by atoms with E-state index in [1.807, 2.05) is 0 Å². The predicted molar refractivity (Wildman–Crippen MR) is 151 cm³/mol. The SMILES string of the molecule is O=C1C(=O)N(CCCN2CCOCC2)[C@H](c2ccc([N+](=O)[O-])cc2)C1=C(O)c1ccc(OCc2ccc(F)cc2)cc1. The highest BCUT2D eigenvalue weighted by Gasteiger charge is 2.46. The van der Waals surface area contributed by atoms with Gasteiger partial charge in [-0.05, 0) is 66.1 Å². The summed E-state index contributed by atoms with van der Waals surface area (Å²) in [6.07, 6.45) is 0.594. The van der Waals surface area contributed by atoms with Crippen molar-refractivity contribution in [2.75, 3.05) is 39.4 Å². The van der Waals surface area contributed by atoms with Gasteiger partial charge in [0.1, 0.15) is 23.9 Å². The summed E-state index contributed by atoms with van der Waals surface area (Å²) in [6.45, 7) is 4.03. The predicted octanol–water partition coefficient (Wildman–Crippen LogP) is 4.46. The van der Waals surface area contributed by atoms with Crippen LogP contribution in [0.1, 0.15) is 29.2 Å². The van der Waals surface area contributed by atoms with Gasteiger partial charge in [-0.2, -0.15) is 0 Å². The number of hydrogen-bond acceptors (Lipinski definition) is 8. The number of hydrogen-bond donors (Lipinski definition) is 1. The van der Waals surface area contributed by atoms with Crippen LogP contribution in [0.15, 0.2) is 78.4 Å². The van der Waals surface area contributed by atoms with Crippen LogP contribution in [0.25, 0.3) is 5.76 Å². The number of ketones is 1. The maximum Gasteiger partial charge on any atom is 0.295 e. The Morgan fingerprint density at radius 3 is 2.29 bits per heavy atom. The van der Waals surface area contributed by atoms with Gasteiger partial charge in [0.15, 0.2) is 0 Å². The number of Topliss-reactive ketones (excluding diaryl/α,β-unsaturated/α-hetero) is 1. The van der Waals surface area contributed by atoms with Crippen LogP contribution in [-0.4, -0.2) is 70.9 Å². The lowest BCUT2D eigenvalue weighted by molar-refractivity contribution is -0.384. The van der Waals surface area contributed by atoms with E-state index in [0.717, 1.165) is 18.7 Å². The first-order valence-corrected chi connectivity index (χ1v) is 13.6. The molecule has 2 saturated heterocycles. The third-order valence-corrected chi connectivity index (χ3v) is 7.38. The highest BCUT2D eigenvalue weighted by atomic mass is 19.1. The van der Waals surface area contributed by atoms with Gasteiger partial charge in [-0.25, -0.2) is 4.39 Å². The number of carbonyl (C=O) groups excluding carboxylic acids is 2. The molecule has 1 N–H and O–H groups in total. The van der Waals surface area contributed by atoms with Gasteiger partial charge in [0.05, 0.1) is 29.8 Å². The maximum atomic E-state index is 13.3. The summed E-state index contributed by atoms with van der Waals surface area (Å²) in [4.78, 5) is 40.9. The zero-order valence-electron chi connectivity index (χ0n) is 22.8. The van der Waals surface area contributed by atoms with Gasteiger partial charge in [-0.1, -0.05) is 12.1 Å². The van der Waals surface area contributed by atoms with Crippen LogP contribution in [0.2, 0.25) is 0 Å². The fourth-order valence-corrected chi connectivity index (χ4v) is 5.14. The minimum atomic E-state index is -0.912. The number of nitro benzene ring substituents is 1. The van der Waals surface area contributed by atoms with Crippen molar-refractivity contribution in [3.05, 3.63) is 111 Å². The number of non-ortho nitro benzene ring substituents is 1. The fourth-order valence-electron chi connectivity index (χ4n) is 5.14. The van der Waals surface area contributed by atoms with Crippen LogP contribution in [0, 0.1) is 15.9 Å². The average Bonchev–Trinajstić information content (AvgIpc) is 3.26. The van der Waals surface area contributed by atoms with Gasteiger partial charge in [0.2, 0.25) is 0 Å². The molecule has 2 fully saturated rings. The van der Waals surface area contributed by atoms with E-state index < -0.39 is 22.7 Å². The second-order valence-corrected chi connectivity index (χ2v) is 10.1. The van der Waals surface area contributed by atoms with Crippen molar-refractivity contribution in [2.24, 2.45) is 0 Å². The van der Waals surface area contributed by atoms with Crippen LogP contribution in [0.3, 0.4) is 0 Å². The summed E-state index contributed by atoms with van der Waals surface area (Å²) in [5.41, 5.74) is 1.36. The minimum Gasteiger partial charge on any atom is -0.507 e. The van der Waals surface area contributed by atoms with E-state index in [-0.39, 0.29) is 36.0 Å². The van der Waals surface area contributed by atoms with Crippen molar-refractivity contribution in [3.8, 4) is 5.75 Å². The van der Waals surface area contributed by atoms with Crippen LogP contribution in [0.5, 0.6) is 5.75 Å². The number of morpholine rings is 1. The normalized spacial score (nSPS) is 18.8. The second-order valence-electron chi connectivity index (χ2n) is 10.1. The molecule has 0 aliphatic carbocycles. The van der Waals surface area contributed by atoms with Gasteiger partial charge < -0.3 is 19.5 Å². The van der Waals surface area contributed by atoms with E-state index in [1.54, 1.807) is 36.4 Å². The van der Waals surface area contributed by atoms with E-state index in [1.165, 1.54) is 41.3 Å². The number of nitro groups is 1. The zero-order valence-corrected chi connectivity index (χ0v) is 22.8. The molecular formula is C31H30FN3O7. The second kappa shape index (κ2) is 12.9. The van der Waals surface area contributed by atoms with Gasteiger partial charge in [-0.3, -0.25) is 24.6 Å². The number of benzene rings is 3. The van der Waals surface area contributed by atoms with E-state index in [0.29, 0.717) is 43.1 Å². The summed E-state index contributed by atoms with van der Waals surface area (Å²) < 4.78 is 24.3. The molecule has 0 saturated carbocycles. The van der Waals surface area contributed by atoms with Crippen LogP contribution in [0.4, 0.5) is 10.1 Å². The van der Waals surface area contributed by atoms with Crippen molar-refractivity contribution < 1.29 is 33.5 Å². The van der Waals surface area contributed by atoms with E-state index >= 15 is 0 Å². The molecule has 2 heterocycles. The molecule has 5 rings (SSSR count). The Labute approximate surface area is 241 Å². The van der Waals surface area contributed by atoms with Gasteiger partial charge >= 0.3 is 0 Å². The quantitative estimate of drug-likeness (QED) is 0.124. The number of carbonyl (C=O) groups is 2. The Hall–Kier alpha value is -4.61. The third-order valence-electron chi connectivity index (χ3n) is 7.38. The number of nitrogens with zero attached hydrogens (tertiary/aromatic N) is 3. The Kier molecular flexibility index (Phi) is 8.89. The van der Waals surface area contributed by atoms with Crippen LogP contribution >= 0.6 is 0 Å². The largest absolute Gasteiger partial charge is 0.507 e. The number of amides is 1. The molecule has 3 aromatic carbocycles. The summed E-state index contributed by atoms with van der Waals surface area (Å²) in [5.74, 6) is -1.75. The Morgan fingerprint density at radius 2 is 1.64 bits per heavy atom. The zero-order chi connectivity index (χ0) is 29.6. The van der Waals surface area contributed by atoms with E-state index in [4.69, 9.17) is 9.47 Å². The lowest BCUT2D eigenvalue weighted by atomic mass is 9.95. The number of halogens is 1. The molecule has 11 heteroatoms. The Balaban J connectivity index is 1.40. The molecule has 0 aromatic heterocycles. The van der Waals surface area contributed by atoms with Gasteiger partial charge in [0.25, 0.3) is 17.4 Å². The Morgan fingerprint density at radius 1 is 0.976 bits per heavy atom. The summed E-state index contributed by atoms with van der Waals surface area (Å²) in [7, 11) is 0. The van der Waals surface area contributed by atoms with Crippen molar-refractivity contribution >= 4 is 23.1 Å². The molecule has 0 unspecified atom stereocenters.